The summed E-state index contributed by atoms with van der Waals surface area (Å²) >= 11 is 0. The number of nitrogens with two attached hydrogens (primary N) is 1. The Bertz CT molecular complexity index is 559. The maximum absolute atomic E-state index is 6.34. The molecule has 0 amide bonds. The molecule has 1 atom stereocenters. The van der Waals surface area contributed by atoms with E-state index in [1.165, 1.54) is 0 Å². The molecule has 0 fully saturated rings. The summed E-state index contributed by atoms with van der Waals surface area (Å²) in [5, 5.41) is 4.37. The van der Waals surface area contributed by atoms with E-state index in [9.17, 15) is 0 Å². The molecule has 20 heavy (non-hydrogen) atoms. The molecule has 0 aliphatic heterocycles. The van der Waals surface area contributed by atoms with Crippen LogP contribution in [0.2, 0.25) is 0 Å². The Morgan fingerprint density at radius 1 is 1.50 bits per heavy atom. The van der Waals surface area contributed by atoms with E-state index in [0.29, 0.717) is 5.75 Å². The molecular formula is C14H22N4O2. The number of methoxy groups -OCH3 is 1. The van der Waals surface area contributed by atoms with Gasteiger partial charge in [0.25, 0.3) is 0 Å². The molecule has 1 unspecified atom stereocenters. The van der Waals surface area contributed by atoms with Gasteiger partial charge in [-0.05, 0) is 27.1 Å². The molecule has 2 N–H and O–H groups in total. The Morgan fingerprint density at radius 3 is 2.80 bits per heavy atom. The first kappa shape index (κ1) is 14.6. The molecule has 0 spiro atoms. The maximum Gasteiger partial charge on any atom is 0.161 e. The molecule has 110 valence electrons. The van der Waals surface area contributed by atoms with Gasteiger partial charge in [0.1, 0.15) is 11.5 Å². The largest absolute Gasteiger partial charge is 0.493 e. The molecule has 2 rings (SSSR count). The van der Waals surface area contributed by atoms with Gasteiger partial charge in [0.2, 0.25) is 0 Å². The van der Waals surface area contributed by atoms with Gasteiger partial charge in [-0.3, -0.25) is 4.68 Å². The van der Waals surface area contributed by atoms with Gasteiger partial charge >= 0.3 is 0 Å². The summed E-state index contributed by atoms with van der Waals surface area (Å²) in [6.45, 7) is 3.54. The summed E-state index contributed by atoms with van der Waals surface area (Å²) in [5.74, 6) is 1.55. The molecule has 6 heteroatoms. The van der Waals surface area contributed by atoms with Gasteiger partial charge in [0.05, 0.1) is 32.2 Å². The number of aryl methyl sites for hydroxylation is 1. The number of aromatic nitrogens is 2. The van der Waals surface area contributed by atoms with Gasteiger partial charge in [0.15, 0.2) is 5.75 Å². The third-order valence-electron chi connectivity index (χ3n) is 3.23. The highest BCUT2D eigenvalue weighted by Gasteiger charge is 2.21. The van der Waals surface area contributed by atoms with E-state index >= 15 is 0 Å². The van der Waals surface area contributed by atoms with E-state index in [-0.39, 0.29) is 6.04 Å². The molecule has 0 saturated carbocycles. The van der Waals surface area contributed by atoms with Crippen LogP contribution in [0.5, 0.6) is 5.75 Å². The van der Waals surface area contributed by atoms with Crippen LogP contribution in [0.4, 0.5) is 0 Å². The predicted octanol–water partition coefficient (Wildman–Crippen LogP) is 1.40. The van der Waals surface area contributed by atoms with Crippen LogP contribution in [0.25, 0.3) is 0 Å². The van der Waals surface area contributed by atoms with E-state index in [1.54, 1.807) is 19.6 Å². The molecule has 2 aromatic rings. The van der Waals surface area contributed by atoms with Crippen molar-refractivity contribution in [3.8, 4) is 5.75 Å². The fraction of sp³-hybridized carbons (Fsp3) is 0.500. The molecular weight excluding hydrogens is 256 g/mol. The second kappa shape index (κ2) is 6.11. The fourth-order valence-corrected chi connectivity index (χ4v) is 2.11. The van der Waals surface area contributed by atoms with Gasteiger partial charge in [-0.15, -0.1) is 0 Å². The highest BCUT2D eigenvalue weighted by molar-refractivity contribution is 5.35. The lowest BCUT2D eigenvalue weighted by atomic mass is 10.1. The second-order valence-electron chi connectivity index (χ2n) is 5.09. The minimum atomic E-state index is -0.313. The Balaban J connectivity index is 2.30. The molecule has 0 aliphatic rings. The van der Waals surface area contributed by atoms with Crippen molar-refractivity contribution in [3.05, 3.63) is 35.5 Å². The fourth-order valence-electron chi connectivity index (χ4n) is 2.11. The highest BCUT2D eigenvalue weighted by Crippen LogP contribution is 2.29. The summed E-state index contributed by atoms with van der Waals surface area (Å²) in [6, 6.07) is 1.62. The van der Waals surface area contributed by atoms with Crippen molar-refractivity contribution in [3.63, 3.8) is 0 Å². The number of rotatable bonds is 6. The average Bonchev–Trinajstić information content (AvgIpc) is 3.01. The molecule has 0 bridgehead atoms. The molecule has 0 aliphatic carbocycles. The van der Waals surface area contributed by atoms with E-state index in [2.05, 4.69) is 10.00 Å². The van der Waals surface area contributed by atoms with Gasteiger partial charge < -0.3 is 19.8 Å². The number of nitrogens with zero attached hydrogens (tertiary/aromatic N) is 3. The van der Waals surface area contributed by atoms with Gasteiger partial charge in [-0.25, -0.2) is 0 Å². The molecule has 6 nitrogen and oxygen atoms in total. The minimum absolute atomic E-state index is 0.313. The summed E-state index contributed by atoms with van der Waals surface area (Å²) < 4.78 is 12.6. The van der Waals surface area contributed by atoms with Crippen molar-refractivity contribution in [2.24, 2.45) is 5.73 Å². The van der Waals surface area contributed by atoms with Crippen molar-refractivity contribution in [2.45, 2.75) is 19.5 Å². The number of furan rings is 1. The summed E-state index contributed by atoms with van der Waals surface area (Å²) in [5.41, 5.74) is 8.14. The number of likely N-dealkylation sites (N-methyl/N-ethyl adjacent to an activating group) is 1. The molecule has 2 heterocycles. The van der Waals surface area contributed by atoms with Crippen LogP contribution in [-0.4, -0.2) is 42.4 Å². The van der Waals surface area contributed by atoms with E-state index in [0.717, 1.165) is 30.1 Å². The Hall–Kier alpha value is -1.79. The highest BCUT2D eigenvalue weighted by atomic mass is 16.5. The number of ether oxygens (including phenoxy) is 1. The molecule has 0 saturated heterocycles. The van der Waals surface area contributed by atoms with Crippen LogP contribution in [0.15, 0.2) is 22.9 Å². The number of hydrogen-bond acceptors (Lipinski definition) is 5. The van der Waals surface area contributed by atoms with E-state index in [1.807, 2.05) is 31.8 Å². The van der Waals surface area contributed by atoms with Gasteiger partial charge in [-0.2, -0.15) is 5.10 Å². The normalized spacial score (nSPS) is 12.9. The van der Waals surface area contributed by atoms with Crippen LogP contribution in [0.1, 0.15) is 23.1 Å². The van der Waals surface area contributed by atoms with Crippen molar-refractivity contribution in [2.75, 3.05) is 27.7 Å². The zero-order valence-electron chi connectivity index (χ0n) is 12.5. The second-order valence-corrected chi connectivity index (χ2v) is 5.09. The lowest BCUT2D eigenvalue weighted by Gasteiger charge is -2.16. The minimum Gasteiger partial charge on any atom is -0.493 e. The van der Waals surface area contributed by atoms with Crippen molar-refractivity contribution >= 4 is 0 Å². The quantitative estimate of drug-likeness (QED) is 0.865. The SMILES string of the molecule is COc1cnn(CCN(C)C)c1C(N)c1coc(C)c1. The maximum atomic E-state index is 6.34. The zero-order chi connectivity index (χ0) is 14.7. The first-order valence-corrected chi connectivity index (χ1v) is 6.58. The Morgan fingerprint density at radius 2 is 2.25 bits per heavy atom. The predicted molar refractivity (Wildman–Crippen MR) is 76.8 cm³/mol. The lowest BCUT2D eigenvalue weighted by Crippen LogP contribution is -2.23. The topological polar surface area (TPSA) is 69.5 Å². The summed E-state index contributed by atoms with van der Waals surface area (Å²) in [4.78, 5) is 2.10. The third kappa shape index (κ3) is 3.02. The van der Waals surface area contributed by atoms with Crippen LogP contribution >= 0.6 is 0 Å². The van der Waals surface area contributed by atoms with Crippen LogP contribution in [0.3, 0.4) is 0 Å². The van der Waals surface area contributed by atoms with Crippen LogP contribution in [0, 0.1) is 6.92 Å². The molecule has 0 aromatic carbocycles. The summed E-state index contributed by atoms with van der Waals surface area (Å²) in [7, 11) is 5.68. The van der Waals surface area contributed by atoms with Crippen LogP contribution < -0.4 is 10.5 Å². The Labute approximate surface area is 119 Å². The van der Waals surface area contributed by atoms with Crippen molar-refractivity contribution in [1.82, 2.24) is 14.7 Å². The van der Waals surface area contributed by atoms with Gasteiger partial charge in [0, 0.05) is 12.1 Å². The first-order chi connectivity index (χ1) is 9.52. The molecule has 2 aromatic heterocycles. The van der Waals surface area contributed by atoms with Crippen LogP contribution in [-0.2, 0) is 6.54 Å². The van der Waals surface area contributed by atoms with Crippen molar-refractivity contribution in [1.29, 1.82) is 0 Å². The zero-order valence-corrected chi connectivity index (χ0v) is 12.5. The first-order valence-electron chi connectivity index (χ1n) is 6.58. The number of hydrogen-bond donors (Lipinski definition) is 1. The smallest absolute Gasteiger partial charge is 0.161 e. The Kier molecular flexibility index (Phi) is 4.46. The van der Waals surface area contributed by atoms with Crippen molar-refractivity contribution < 1.29 is 9.15 Å². The molecule has 0 radical (unpaired) electrons. The standard InChI is InChI=1S/C14H22N4O2/c1-10-7-11(9-20-10)13(15)14-12(19-4)8-16-18(14)6-5-17(2)3/h7-9,13H,5-6,15H2,1-4H3. The lowest BCUT2D eigenvalue weighted by molar-refractivity contribution is 0.363. The summed E-state index contributed by atoms with van der Waals surface area (Å²) in [6.07, 6.45) is 3.39. The third-order valence-corrected chi connectivity index (χ3v) is 3.23. The van der Waals surface area contributed by atoms with E-state index in [4.69, 9.17) is 14.9 Å². The average molecular weight is 278 g/mol. The monoisotopic (exact) mass is 278 g/mol. The van der Waals surface area contributed by atoms with E-state index < -0.39 is 0 Å². The van der Waals surface area contributed by atoms with Gasteiger partial charge in [-0.1, -0.05) is 0 Å².